The third-order valence-electron chi connectivity index (χ3n) is 5.52. The Morgan fingerprint density at radius 1 is 1.00 bits per heavy atom. The van der Waals surface area contributed by atoms with Gasteiger partial charge in [-0.3, -0.25) is 9.59 Å². The first kappa shape index (κ1) is 20.8. The third kappa shape index (κ3) is 4.75. The second kappa shape index (κ2) is 9.07. The molecule has 2 heterocycles. The van der Waals surface area contributed by atoms with Crippen molar-refractivity contribution in [3.8, 4) is 5.69 Å². The molecule has 1 aliphatic heterocycles. The Hall–Kier alpha value is -2.89. The van der Waals surface area contributed by atoms with Gasteiger partial charge in [0.15, 0.2) is 0 Å². The topological polar surface area (TPSA) is 66.7 Å². The van der Waals surface area contributed by atoms with Crippen molar-refractivity contribution in [1.82, 2.24) is 14.9 Å². The lowest BCUT2D eigenvalue weighted by molar-refractivity contribution is -0.145. The highest BCUT2D eigenvalue weighted by Crippen LogP contribution is 2.23. The Bertz CT molecular complexity index is 935. The van der Waals surface area contributed by atoms with E-state index in [1.54, 1.807) is 11.1 Å². The number of hydrazone groups is 1. The second-order valence-electron chi connectivity index (χ2n) is 7.86. The molecule has 29 heavy (non-hydrogen) atoms. The van der Waals surface area contributed by atoms with Gasteiger partial charge in [-0.05, 0) is 58.2 Å². The minimum absolute atomic E-state index is 0.496. The summed E-state index contributed by atoms with van der Waals surface area (Å²) < 4.78 is 2.18. The van der Waals surface area contributed by atoms with Crippen LogP contribution in [0.1, 0.15) is 53.8 Å². The van der Waals surface area contributed by atoms with Crippen molar-refractivity contribution >= 4 is 18.0 Å². The van der Waals surface area contributed by atoms with E-state index >= 15 is 0 Å². The van der Waals surface area contributed by atoms with Crippen LogP contribution in [0, 0.1) is 27.7 Å². The number of aryl methyl sites for hydroxylation is 3. The minimum Gasteiger partial charge on any atom is -0.334 e. The van der Waals surface area contributed by atoms with Gasteiger partial charge in [-0.25, -0.2) is 5.43 Å². The van der Waals surface area contributed by atoms with Gasteiger partial charge in [0.1, 0.15) is 0 Å². The number of nitrogens with one attached hydrogen (secondary N) is 1. The lowest BCUT2D eigenvalue weighted by Gasteiger charge is -2.18. The lowest BCUT2D eigenvalue weighted by atomic mass is 10.1. The smallest absolute Gasteiger partial charge is 0.329 e. The van der Waals surface area contributed by atoms with Gasteiger partial charge in [0, 0.05) is 35.7 Å². The number of carbonyl (C=O) groups excluding carboxylic acids is 2. The van der Waals surface area contributed by atoms with Crippen LogP contribution in [0.25, 0.3) is 5.69 Å². The molecule has 6 nitrogen and oxygen atoms in total. The van der Waals surface area contributed by atoms with Crippen molar-refractivity contribution in [2.45, 2.75) is 53.4 Å². The fourth-order valence-corrected chi connectivity index (χ4v) is 3.97. The third-order valence-corrected chi connectivity index (χ3v) is 5.52. The molecule has 0 aliphatic carbocycles. The molecule has 0 radical (unpaired) electrons. The Morgan fingerprint density at radius 3 is 2.34 bits per heavy atom. The van der Waals surface area contributed by atoms with Crippen LogP contribution in [0.2, 0.25) is 0 Å². The van der Waals surface area contributed by atoms with Gasteiger partial charge >= 0.3 is 11.8 Å². The van der Waals surface area contributed by atoms with Crippen molar-refractivity contribution in [2.24, 2.45) is 5.10 Å². The van der Waals surface area contributed by atoms with Crippen molar-refractivity contribution in [1.29, 1.82) is 0 Å². The zero-order valence-corrected chi connectivity index (χ0v) is 17.8. The van der Waals surface area contributed by atoms with E-state index in [0.717, 1.165) is 48.3 Å². The molecule has 1 N–H and O–H groups in total. The molecule has 154 valence electrons. The normalized spacial score (nSPS) is 14.8. The number of aromatic nitrogens is 1. The predicted octanol–water partition coefficient (Wildman–Crippen LogP) is 3.56. The van der Waals surface area contributed by atoms with Crippen LogP contribution < -0.4 is 5.43 Å². The average molecular weight is 395 g/mol. The summed E-state index contributed by atoms with van der Waals surface area (Å²) in [5, 5.41) is 4.04. The highest BCUT2D eigenvalue weighted by Gasteiger charge is 2.22. The Balaban J connectivity index is 1.71. The standard InChI is InChI=1S/C23H30N4O2/c1-16-9-10-21(17(2)13-16)27-18(3)14-20(19(27)4)15-24-25-22(28)23(29)26-11-7-5-6-8-12-26/h9-10,13-15H,5-8,11-12H2,1-4H3,(H,25,28)/b24-15-. The molecule has 1 saturated heterocycles. The highest BCUT2D eigenvalue weighted by atomic mass is 16.2. The molecular weight excluding hydrogens is 364 g/mol. The largest absolute Gasteiger partial charge is 0.334 e. The molecule has 1 fully saturated rings. The Kier molecular flexibility index (Phi) is 6.52. The van der Waals surface area contributed by atoms with E-state index < -0.39 is 11.8 Å². The van der Waals surface area contributed by atoms with Gasteiger partial charge in [0.25, 0.3) is 0 Å². The van der Waals surface area contributed by atoms with Gasteiger partial charge in [0.05, 0.1) is 6.21 Å². The van der Waals surface area contributed by atoms with Crippen molar-refractivity contribution in [2.75, 3.05) is 13.1 Å². The molecule has 2 aromatic rings. The summed E-state index contributed by atoms with van der Waals surface area (Å²) in [5.74, 6) is -1.17. The number of rotatable bonds is 3. The molecule has 6 heteroatoms. The number of amides is 2. The predicted molar refractivity (Wildman–Crippen MR) is 116 cm³/mol. The Morgan fingerprint density at radius 2 is 1.69 bits per heavy atom. The molecular formula is C23H30N4O2. The number of hydrogen-bond donors (Lipinski definition) is 1. The lowest BCUT2D eigenvalue weighted by Crippen LogP contribution is -2.41. The van der Waals surface area contributed by atoms with E-state index in [0.29, 0.717) is 13.1 Å². The van der Waals surface area contributed by atoms with E-state index in [1.807, 2.05) is 19.9 Å². The van der Waals surface area contributed by atoms with Crippen LogP contribution in [0.3, 0.4) is 0 Å². The van der Waals surface area contributed by atoms with Crippen molar-refractivity contribution in [3.05, 3.63) is 52.3 Å². The SMILES string of the molecule is Cc1ccc(-n2c(C)cc(/C=N\NC(=O)C(=O)N3CCCCCC3)c2C)c(C)c1. The van der Waals surface area contributed by atoms with Gasteiger partial charge in [-0.15, -0.1) is 0 Å². The van der Waals surface area contributed by atoms with Gasteiger partial charge in [-0.1, -0.05) is 30.5 Å². The molecule has 1 aromatic carbocycles. The number of hydrogen-bond acceptors (Lipinski definition) is 3. The van der Waals surface area contributed by atoms with Crippen LogP contribution >= 0.6 is 0 Å². The molecule has 3 rings (SSSR count). The highest BCUT2D eigenvalue weighted by molar-refractivity contribution is 6.35. The summed E-state index contributed by atoms with van der Waals surface area (Å²) in [6.07, 6.45) is 5.73. The first-order valence-electron chi connectivity index (χ1n) is 10.3. The number of benzene rings is 1. The van der Waals surface area contributed by atoms with E-state index in [1.165, 1.54) is 11.1 Å². The second-order valence-corrected chi connectivity index (χ2v) is 7.86. The van der Waals surface area contributed by atoms with Crippen molar-refractivity contribution < 1.29 is 9.59 Å². The average Bonchev–Trinajstić information content (AvgIpc) is 2.87. The summed E-state index contributed by atoms with van der Waals surface area (Å²) in [4.78, 5) is 26.1. The van der Waals surface area contributed by atoms with Gasteiger partial charge in [0.2, 0.25) is 0 Å². The van der Waals surface area contributed by atoms with Crippen LogP contribution in [-0.2, 0) is 9.59 Å². The zero-order valence-electron chi connectivity index (χ0n) is 17.8. The quantitative estimate of drug-likeness (QED) is 0.491. The molecule has 0 bridgehead atoms. The number of likely N-dealkylation sites (tertiary alicyclic amines) is 1. The molecule has 0 spiro atoms. The first-order valence-corrected chi connectivity index (χ1v) is 10.3. The van der Waals surface area contributed by atoms with Gasteiger partial charge < -0.3 is 9.47 Å². The molecule has 0 unspecified atom stereocenters. The summed E-state index contributed by atoms with van der Waals surface area (Å²) >= 11 is 0. The molecule has 1 aliphatic rings. The van der Waals surface area contributed by atoms with Gasteiger partial charge in [-0.2, -0.15) is 5.10 Å². The maximum atomic E-state index is 12.3. The minimum atomic E-state index is -0.675. The molecule has 1 aromatic heterocycles. The van der Waals surface area contributed by atoms with Crippen LogP contribution in [0.5, 0.6) is 0 Å². The Labute approximate surface area is 172 Å². The van der Waals surface area contributed by atoms with Crippen LogP contribution in [-0.4, -0.2) is 40.6 Å². The summed E-state index contributed by atoms with van der Waals surface area (Å²) in [6, 6.07) is 8.41. The van der Waals surface area contributed by atoms with E-state index in [-0.39, 0.29) is 0 Å². The molecule has 0 saturated carbocycles. The number of nitrogens with zero attached hydrogens (tertiary/aromatic N) is 3. The summed E-state index contributed by atoms with van der Waals surface area (Å²) in [7, 11) is 0. The van der Waals surface area contributed by atoms with E-state index in [4.69, 9.17) is 0 Å². The van der Waals surface area contributed by atoms with Crippen molar-refractivity contribution in [3.63, 3.8) is 0 Å². The monoisotopic (exact) mass is 394 g/mol. The maximum absolute atomic E-state index is 12.3. The van der Waals surface area contributed by atoms with E-state index in [9.17, 15) is 9.59 Å². The first-order chi connectivity index (χ1) is 13.9. The zero-order chi connectivity index (χ0) is 21.0. The summed E-state index contributed by atoms with van der Waals surface area (Å²) in [6.45, 7) is 9.55. The molecule has 0 atom stereocenters. The number of carbonyl (C=O) groups is 2. The fourth-order valence-electron chi connectivity index (χ4n) is 3.97. The van der Waals surface area contributed by atoms with Crippen LogP contribution in [0.15, 0.2) is 29.4 Å². The van der Waals surface area contributed by atoms with E-state index in [2.05, 4.69) is 47.1 Å². The van der Waals surface area contributed by atoms with Crippen LogP contribution in [0.4, 0.5) is 0 Å². The summed E-state index contributed by atoms with van der Waals surface area (Å²) in [5.41, 5.74) is 8.98. The molecule has 2 amide bonds. The maximum Gasteiger partial charge on any atom is 0.329 e. The fraction of sp³-hybridized carbons (Fsp3) is 0.435.